The first kappa shape index (κ1) is 9.54. The molecular weight excluding hydrogens is 212 g/mol. The number of rotatable bonds is 1. The molecular formula is C14H14N2O. The summed E-state index contributed by atoms with van der Waals surface area (Å²) in [6, 6.07) is 5.85. The van der Waals surface area contributed by atoms with Gasteiger partial charge < -0.3 is 5.11 Å². The molecule has 2 aliphatic carbocycles. The largest absolute Gasteiger partial charge is 0.392 e. The van der Waals surface area contributed by atoms with Crippen LogP contribution in [0.5, 0.6) is 0 Å². The molecule has 3 nitrogen and oxygen atoms in total. The van der Waals surface area contributed by atoms with Gasteiger partial charge in [-0.05, 0) is 37.0 Å². The number of aliphatic hydroxyl groups is 1. The summed E-state index contributed by atoms with van der Waals surface area (Å²) in [4.78, 5) is 9.54. The predicted octanol–water partition coefficient (Wildman–Crippen LogP) is 2.49. The highest BCUT2D eigenvalue weighted by atomic mass is 16.3. The van der Waals surface area contributed by atoms with Crippen LogP contribution in [0.4, 0.5) is 0 Å². The Morgan fingerprint density at radius 1 is 1.06 bits per heavy atom. The molecule has 2 atom stereocenters. The first-order valence-corrected chi connectivity index (χ1v) is 6.26. The molecule has 2 aliphatic rings. The Labute approximate surface area is 99.5 Å². The molecule has 1 fully saturated rings. The van der Waals surface area contributed by atoms with Crippen molar-refractivity contribution in [3.05, 3.63) is 35.2 Å². The average molecular weight is 226 g/mol. The SMILES string of the molecule is OCc1ccc2nc3c(nc2c1)C1CCC3C1. The maximum atomic E-state index is 9.15. The van der Waals surface area contributed by atoms with Crippen LogP contribution in [0, 0.1) is 0 Å². The molecule has 4 rings (SSSR count). The van der Waals surface area contributed by atoms with Crippen molar-refractivity contribution in [3.63, 3.8) is 0 Å². The second kappa shape index (κ2) is 3.26. The van der Waals surface area contributed by atoms with Gasteiger partial charge in [-0.15, -0.1) is 0 Å². The lowest BCUT2D eigenvalue weighted by Gasteiger charge is -2.13. The number of benzene rings is 1. The molecule has 1 saturated carbocycles. The van der Waals surface area contributed by atoms with Crippen molar-refractivity contribution < 1.29 is 5.11 Å². The van der Waals surface area contributed by atoms with Crippen molar-refractivity contribution in [2.45, 2.75) is 37.7 Å². The number of hydrogen-bond donors (Lipinski definition) is 1. The molecule has 0 saturated heterocycles. The Bertz CT molecular complexity index is 608. The minimum Gasteiger partial charge on any atom is -0.392 e. The highest BCUT2D eigenvalue weighted by Gasteiger charge is 2.39. The van der Waals surface area contributed by atoms with Gasteiger partial charge in [0, 0.05) is 11.8 Å². The first-order valence-electron chi connectivity index (χ1n) is 6.26. The van der Waals surface area contributed by atoms with Crippen LogP contribution in [0.25, 0.3) is 11.0 Å². The van der Waals surface area contributed by atoms with E-state index in [9.17, 15) is 0 Å². The van der Waals surface area contributed by atoms with Gasteiger partial charge in [-0.2, -0.15) is 0 Å². The molecule has 0 aliphatic heterocycles. The van der Waals surface area contributed by atoms with E-state index in [0.717, 1.165) is 16.6 Å². The third-order valence-corrected chi connectivity index (χ3v) is 4.17. The zero-order valence-electron chi connectivity index (χ0n) is 9.56. The van der Waals surface area contributed by atoms with Crippen LogP contribution < -0.4 is 0 Å². The topological polar surface area (TPSA) is 46.0 Å². The third-order valence-electron chi connectivity index (χ3n) is 4.17. The highest BCUT2D eigenvalue weighted by Crippen LogP contribution is 2.51. The second-order valence-corrected chi connectivity index (χ2v) is 5.18. The van der Waals surface area contributed by atoms with E-state index in [1.807, 2.05) is 18.2 Å². The van der Waals surface area contributed by atoms with Gasteiger partial charge in [0.15, 0.2) is 0 Å². The van der Waals surface area contributed by atoms with Gasteiger partial charge in [-0.1, -0.05) is 6.07 Å². The Morgan fingerprint density at radius 2 is 1.76 bits per heavy atom. The molecule has 17 heavy (non-hydrogen) atoms. The molecule has 2 unspecified atom stereocenters. The minimum atomic E-state index is 0.0702. The highest BCUT2D eigenvalue weighted by molar-refractivity contribution is 5.75. The van der Waals surface area contributed by atoms with Crippen LogP contribution in [0.3, 0.4) is 0 Å². The fraction of sp³-hybridized carbons (Fsp3) is 0.429. The van der Waals surface area contributed by atoms with Gasteiger partial charge in [0.2, 0.25) is 0 Å². The lowest BCUT2D eigenvalue weighted by atomic mass is 10.00. The zero-order chi connectivity index (χ0) is 11.4. The fourth-order valence-corrected chi connectivity index (χ4v) is 3.30. The molecule has 1 N–H and O–H groups in total. The van der Waals surface area contributed by atoms with Crippen molar-refractivity contribution >= 4 is 11.0 Å². The predicted molar refractivity (Wildman–Crippen MR) is 64.8 cm³/mol. The van der Waals surface area contributed by atoms with Crippen molar-refractivity contribution in [2.75, 3.05) is 0 Å². The Kier molecular flexibility index (Phi) is 1.83. The molecule has 1 heterocycles. The lowest BCUT2D eigenvalue weighted by Crippen LogP contribution is -2.04. The van der Waals surface area contributed by atoms with Gasteiger partial charge >= 0.3 is 0 Å². The van der Waals surface area contributed by atoms with Crippen LogP contribution in [-0.4, -0.2) is 15.1 Å². The molecule has 1 aromatic carbocycles. The summed E-state index contributed by atoms with van der Waals surface area (Å²) in [5.74, 6) is 1.30. The molecule has 2 aromatic rings. The normalized spacial score (nSPS) is 25.5. The monoisotopic (exact) mass is 226 g/mol. The van der Waals surface area contributed by atoms with Crippen LogP contribution in [0.1, 0.15) is 48.0 Å². The summed E-state index contributed by atoms with van der Waals surface area (Å²) < 4.78 is 0. The molecule has 0 radical (unpaired) electrons. The smallest absolute Gasteiger partial charge is 0.0894 e. The standard InChI is InChI=1S/C14H14N2O/c17-7-8-1-4-11-12(5-8)16-14-10-3-2-9(6-10)13(14)15-11/h1,4-5,9-10,17H,2-3,6-7H2. The quantitative estimate of drug-likeness (QED) is 0.812. The molecule has 1 aromatic heterocycles. The summed E-state index contributed by atoms with van der Waals surface area (Å²) in [6.07, 6.45) is 3.81. The van der Waals surface area contributed by atoms with E-state index in [1.165, 1.54) is 30.7 Å². The Morgan fingerprint density at radius 3 is 2.47 bits per heavy atom. The summed E-state index contributed by atoms with van der Waals surface area (Å²) in [7, 11) is 0. The number of nitrogens with zero attached hydrogens (tertiary/aromatic N) is 2. The van der Waals surface area contributed by atoms with Crippen molar-refractivity contribution in [2.24, 2.45) is 0 Å². The summed E-state index contributed by atoms with van der Waals surface area (Å²) in [5, 5.41) is 9.15. The molecule has 0 amide bonds. The van der Waals surface area contributed by atoms with Crippen molar-refractivity contribution in [3.8, 4) is 0 Å². The summed E-state index contributed by atoms with van der Waals surface area (Å²) in [5.41, 5.74) is 5.28. The first-order chi connectivity index (χ1) is 8.35. The van der Waals surface area contributed by atoms with Gasteiger partial charge in [-0.25, -0.2) is 9.97 Å². The average Bonchev–Trinajstić information content (AvgIpc) is 2.97. The van der Waals surface area contributed by atoms with Crippen LogP contribution >= 0.6 is 0 Å². The van der Waals surface area contributed by atoms with E-state index in [1.54, 1.807) is 0 Å². The van der Waals surface area contributed by atoms with E-state index in [0.29, 0.717) is 11.8 Å². The van der Waals surface area contributed by atoms with Crippen LogP contribution in [0.2, 0.25) is 0 Å². The number of hydrogen-bond acceptors (Lipinski definition) is 3. The van der Waals surface area contributed by atoms with Gasteiger partial charge in [-0.3, -0.25) is 0 Å². The van der Waals surface area contributed by atoms with E-state index in [-0.39, 0.29) is 6.61 Å². The zero-order valence-corrected chi connectivity index (χ0v) is 9.56. The fourth-order valence-electron chi connectivity index (χ4n) is 3.30. The van der Waals surface area contributed by atoms with Crippen LogP contribution in [0.15, 0.2) is 18.2 Å². The lowest BCUT2D eigenvalue weighted by molar-refractivity contribution is 0.282. The number of aliphatic hydroxyl groups excluding tert-OH is 1. The molecule has 86 valence electrons. The maximum absolute atomic E-state index is 9.15. The maximum Gasteiger partial charge on any atom is 0.0894 e. The summed E-state index contributed by atoms with van der Waals surface area (Å²) >= 11 is 0. The number of fused-ring (bicyclic) bond motifs is 6. The van der Waals surface area contributed by atoms with E-state index >= 15 is 0 Å². The van der Waals surface area contributed by atoms with Gasteiger partial charge in [0.05, 0.1) is 29.0 Å². The van der Waals surface area contributed by atoms with Gasteiger partial charge in [0.25, 0.3) is 0 Å². The van der Waals surface area contributed by atoms with E-state index in [2.05, 4.69) is 0 Å². The Hall–Kier alpha value is -1.48. The number of aromatic nitrogens is 2. The minimum absolute atomic E-state index is 0.0702. The summed E-state index contributed by atoms with van der Waals surface area (Å²) in [6.45, 7) is 0.0702. The Balaban J connectivity index is 1.97. The van der Waals surface area contributed by atoms with E-state index in [4.69, 9.17) is 15.1 Å². The molecule has 0 spiro atoms. The molecule has 3 heteroatoms. The van der Waals surface area contributed by atoms with E-state index < -0.39 is 0 Å². The molecule has 2 bridgehead atoms. The van der Waals surface area contributed by atoms with Crippen LogP contribution in [-0.2, 0) is 6.61 Å². The van der Waals surface area contributed by atoms with Gasteiger partial charge in [0.1, 0.15) is 0 Å². The van der Waals surface area contributed by atoms with Crippen molar-refractivity contribution in [1.29, 1.82) is 0 Å². The second-order valence-electron chi connectivity index (χ2n) is 5.18. The third kappa shape index (κ3) is 1.26. The van der Waals surface area contributed by atoms with Crippen molar-refractivity contribution in [1.82, 2.24) is 9.97 Å².